The van der Waals surface area contributed by atoms with Crippen molar-refractivity contribution >= 4 is 16.9 Å². The summed E-state index contributed by atoms with van der Waals surface area (Å²) < 4.78 is 30.0. The fraction of sp³-hybridized carbons (Fsp3) is 0.174. The summed E-state index contributed by atoms with van der Waals surface area (Å²) in [5.41, 5.74) is 0.494. The molecule has 164 valence electrons. The second-order valence-corrected chi connectivity index (χ2v) is 6.96. The number of carbonyl (C=O) groups is 1. The first-order valence-electron chi connectivity index (χ1n) is 9.78. The van der Waals surface area contributed by atoms with E-state index >= 15 is 0 Å². The van der Waals surface area contributed by atoms with Crippen molar-refractivity contribution in [3.05, 3.63) is 81.7 Å². The lowest BCUT2D eigenvalue weighted by Crippen LogP contribution is -2.14. The Kier molecular flexibility index (Phi) is 5.63. The highest BCUT2D eigenvalue weighted by Crippen LogP contribution is 2.25. The number of hydrogen-bond acceptors (Lipinski definition) is 7. The van der Waals surface area contributed by atoms with Crippen LogP contribution in [0.25, 0.3) is 22.4 Å². The van der Waals surface area contributed by atoms with E-state index in [4.69, 9.17) is 13.9 Å². The first-order valence-corrected chi connectivity index (χ1v) is 9.78. The molecule has 0 amide bonds. The van der Waals surface area contributed by atoms with Gasteiger partial charge in [-0.2, -0.15) is 4.73 Å². The number of aromatic nitrogens is 2. The van der Waals surface area contributed by atoms with Gasteiger partial charge in [0.1, 0.15) is 35.6 Å². The summed E-state index contributed by atoms with van der Waals surface area (Å²) in [4.78, 5) is 29.2. The van der Waals surface area contributed by atoms with Crippen LogP contribution >= 0.6 is 0 Å². The molecule has 4 aromatic rings. The van der Waals surface area contributed by atoms with E-state index in [-0.39, 0.29) is 52.8 Å². The van der Waals surface area contributed by atoms with E-state index in [1.54, 1.807) is 31.2 Å². The van der Waals surface area contributed by atoms with Crippen molar-refractivity contribution < 1.29 is 28.3 Å². The monoisotopic (exact) mass is 438 g/mol. The zero-order valence-electron chi connectivity index (χ0n) is 17.3. The van der Waals surface area contributed by atoms with Gasteiger partial charge in [0.2, 0.25) is 5.43 Å². The Labute approximate surface area is 181 Å². The van der Waals surface area contributed by atoms with E-state index in [9.17, 15) is 19.2 Å². The Morgan fingerprint density at radius 3 is 2.81 bits per heavy atom. The number of esters is 1. The largest absolute Gasteiger partial charge is 0.489 e. The molecule has 2 heterocycles. The molecule has 9 heteroatoms. The van der Waals surface area contributed by atoms with E-state index in [1.165, 1.54) is 25.1 Å². The topological polar surface area (TPSA) is 104 Å². The lowest BCUT2D eigenvalue weighted by atomic mass is 10.1. The molecule has 8 nitrogen and oxygen atoms in total. The van der Waals surface area contributed by atoms with Gasteiger partial charge in [-0.25, -0.2) is 14.2 Å². The number of carbonyl (C=O) groups excluding carboxylic acids is 1. The van der Waals surface area contributed by atoms with Gasteiger partial charge in [0.15, 0.2) is 11.5 Å². The Morgan fingerprint density at radius 2 is 2.06 bits per heavy atom. The molecular weight excluding hydrogens is 419 g/mol. The zero-order valence-corrected chi connectivity index (χ0v) is 17.3. The third-order valence-electron chi connectivity index (χ3n) is 4.78. The number of benzene rings is 2. The van der Waals surface area contributed by atoms with Gasteiger partial charge in [-0.3, -0.25) is 4.79 Å². The summed E-state index contributed by atoms with van der Waals surface area (Å²) in [7, 11) is 0. The second-order valence-electron chi connectivity index (χ2n) is 6.96. The van der Waals surface area contributed by atoms with Crippen LogP contribution in [0.15, 0.2) is 57.9 Å². The van der Waals surface area contributed by atoms with Gasteiger partial charge in [-0.15, -0.1) is 0 Å². The second kappa shape index (κ2) is 8.54. The minimum Gasteiger partial charge on any atom is -0.489 e. The third kappa shape index (κ3) is 3.92. The van der Waals surface area contributed by atoms with Crippen molar-refractivity contribution in [3.8, 4) is 17.1 Å². The summed E-state index contributed by atoms with van der Waals surface area (Å²) in [6.07, 6.45) is 1.16. The van der Waals surface area contributed by atoms with Gasteiger partial charge in [-0.05, 0) is 43.7 Å². The highest BCUT2D eigenvalue weighted by molar-refractivity contribution is 5.90. The predicted octanol–water partition coefficient (Wildman–Crippen LogP) is 4.10. The molecular formula is C23H19FN2O6. The maximum atomic E-state index is 13.3. The van der Waals surface area contributed by atoms with Crippen LogP contribution in [0, 0.1) is 12.7 Å². The molecule has 0 saturated heterocycles. The molecule has 0 radical (unpaired) electrons. The van der Waals surface area contributed by atoms with Crippen molar-refractivity contribution in [1.82, 2.24) is 9.71 Å². The van der Waals surface area contributed by atoms with E-state index in [0.717, 1.165) is 6.26 Å². The SMILES string of the molecule is CCOC(=O)c1c(C)nc(-c2coc3cc(OCc4cccc(F)c4)ccc3c2=O)n1O. The predicted molar refractivity (Wildman–Crippen MR) is 112 cm³/mol. The highest BCUT2D eigenvalue weighted by atomic mass is 19.1. The van der Waals surface area contributed by atoms with E-state index in [2.05, 4.69) is 4.98 Å². The number of hydrogen-bond donors (Lipinski definition) is 1. The minimum absolute atomic E-state index is 0.0212. The standard InChI is InChI=1S/C23H19FN2O6/c1-3-30-23(28)20-13(2)25-22(26(20)29)18-12-32-19-10-16(7-8-17(19)21(18)27)31-11-14-5-4-6-15(24)9-14/h4-10,12,29H,3,11H2,1-2H3. The molecule has 0 saturated carbocycles. The molecule has 1 N–H and O–H groups in total. The summed E-state index contributed by atoms with van der Waals surface area (Å²) in [5.74, 6) is -0.808. The molecule has 0 atom stereocenters. The molecule has 0 bridgehead atoms. The number of rotatable bonds is 6. The molecule has 32 heavy (non-hydrogen) atoms. The van der Waals surface area contributed by atoms with Gasteiger partial charge in [0.25, 0.3) is 0 Å². The number of halogens is 1. The first-order chi connectivity index (χ1) is 15.4. The minimum atomic E-state index is -0.753. The van der Waals surface area contributed by atoms with Crippen LogP contribution in [-0.2, 0) is 11.3 Å². The number of fused-ring (bicyclic) bond motifs is 1. The molecule has 0 aliphatic rings. The Bertz CT molecular complexity index is 1370. The van der Waals surface area contributed by atoms with Gasteiger partial charge in [0, 0.05) is 6.07 Å². The normalized spacial score (nSPS) is 11.0. The van der Waals surface area contributed by atoms with Crippen LogP contribution in [0.2, 0.25) is 0 Å². The number of ether oxygens (including phenoxy) is 2. The maximum Gasteiger partial charge on any atom is 0.360 e. The number of aryl methyl sites for hydroxylation is 1. The van der Waals surface area contributed by atoms with E-state index in [1.807, 2.05) is 0 Å². The lowest BCUT2D eigenvalue weighted by molar-refractivity contribution is 0.0476. The van der Waals surface area contributed by atoms with Gasteiger partial charge in [-0.1, -0.05) is 12.1 Å². The van der Waals surface area contributed by atoms with Gasteiger partial charge >= 0.3 is 5.97 Å². The molecule has 0 unspecified atom stereocenters. The van der Waals surface area contributed by atoms with Crippen LogP contribution in [0.4, 0.5) is 4.39 Å². The summed E-state index contributed by atoms with van der Waals surface area (Å²) in [6, 6.07) is 10.7. The third-order valence-corrected chi connectivity index (χ3v) is 4.78. The molecule has 0 aliphatic carbocycles. The Morgan fingerprint density at radius 1 is 1.25 bits per heavy atom. The number of imidazole rings is 1. The molecule has 2 aromatic heterocycles. The Hall–Kier alpha value is -4.14. The van der Waals surface area contributed by atoms with Crippen molar-refractivity contribution in [3.63, 3.8) is 0 Å². The van der Waals surface area contributed by atoms with Crippen LogP contribution in [0.5, 0.6) is 5.75 Å². The lowest BCUT2D eigenvalue weighted by Gasteiger charge is -2.08. The van der Waals surface area contributed by atoms with Crippen LogP contribution in [0.3, 0.4) is 0 Å². The zero-order chi connectivity index (χ0) is 22.8. The summed E-state index contributed by atoms with van der Waals surface area (Å²) in [5, 5.41) is 10.7. The molecule has 4 rings (SSSR count). The molecule has 2 aromatic carbocycles. The Balaban J connectivity index is 1.65. The molecule has 0 spiro atoms. The van der Waals surface area contributed by atoms with Crippen LogP contribution in [-0.4, -0.2) is 27.5 Å². The van der Waals surface area contributed by atoms with Gasteiger partial charge < -0.3 is 19.1 Å². The average Bonchev–Trinajstić information content (AvgIpc) is 3.06. The molecule has 0 aliphatic heterocycles. The highest BCUT2D eigenvalue weighted by Gasteiger charge is 2.25. The molecule has 0 fully saturated rings. The van der Waals surface area contributed by atoms with Crippen molar-refractivity contribution in [2.75, 3.05) is 6.61 Å². The summed E-state index contributed by atoms with van der Waals surface area (Å²) >= 11 is 0. The smallest absolute Gasteiger partial charge is 0.360 e. The fourth-order valence-corrected chi connectivity index (χ4v) is 3.27. The van der Waals surface area contributed by atoms with Crippen LogP contribution in [0.1, 0.15) is 28.7 Å². The van der Waals surface area contributed by atoms with Crippen molar-refractivity contribution in [1.29, 1.82) is 0 Å². The van der Waals surface area contributed by atoms with Crippen molar-refractivity contribution in [2.24, 2.45) is 0 Å². The van der Waals surface area contributed by atoms with Crippen LogP contribution < -0.4 is 10.2 Å². The summed E-state index contributed by atoms with van der Waals surface area (Å²) in [6.45, 7) is 3.43. The fourth-order valence-electron chi connectivity index (χ4n) is 3.27. The van der Waals surface area contributed by atoms with E-state index < -0.39 is 11.4 Å². The first kappa shape index (κ1) is 21.1. The number of nitrogens with zero attached hydrogens (tertiary/aromatic N) is 2. The van der Waals surface area contributed by atoms with E-state index in [0.29, 0.717) is 16.0 Å². The van der Waals surface area contributed by atoms with Crippen molar-refractivity contribution in [2.45, 2.75) is 20.5 Å². The van der Waals surface area contributed by atoms with Gasteiger partial charge in [0.05, 0.1) is 17.7 Å². The maximum absolute atomic E-state index is 13.3. The quantitative estimate of drug-likeness (QED) is 0.357. The average molecular weight is 438 g/mol.